The van der Waals surface area contributed by atoms with Crippen LogP contribution in [-0.4, -0.2) is 24.5 Å². The molecule has 0 saturated heterocycles. The number of aliphatic imine (C=N–C) groups is 1. The van der Waals surface area contributed by atoms with Crippen molar-refractivity contribution < 1.29 is 0 Å². The van der Waals surface area contributed by atoms with Crippen LogP contribution in [0, 0.1) is 0 Å². The molecule has 1 aliphatic heterocycles. The smallest absolute Gasteiger partial charge is 0.187 e. The summed E-state index contributed by atoms with van der Waals surface area (Å²) in [6.07, 6.45) is 5.37. The molecule has 0 bridgehead atoms. The third kappa shape index (κ3) is 1.28. The standard InChI is InChI=1S/C5H10N4/c1-9-4-2-3-7-5(9)8-6/h2-5,8H,6H2,1H3. The van der Waals surface area contributed by atoms with E-state index in [4.69, 9.17) is 5.84 Å². The van der Waals surface area contributed by atoms with Crippen LogP contribution in [0.15, 0.2) is 17.3 Å². The summed E-state index contributed by atoms with van der Waals surface area (Å²) in [6.45, 7) is 0. The number of allylic oxidation sites excluding steroid dienone is 1. The van der Waals surface area contributed by atoms with Crippen LogP contribution in [0.1, 0.15) is 0 Å². The molecule has 0 aromatic heterocycles. The molecule has 1 atom stereocenters. The van der Waals surface area contributed by atoms with Gasteiger partial charge in [0.25, 0.3) is 0 Å². The average Bonchev–Trinajstić information content (AvgIpc) is 1.89. The lowest BCUT2D eigenvalue weighted by atomic mass is 10.5. The van der Waals surface area contributed by atoms with Gasteiger partial charge in [-0.15, -0.1) is 0 Å². The van der Waals surface area contributed by atoms with Crippen LogP contribution in [-0.2, 0) is 0 Å². The van der Waals surface area contributed by atoms with E-state index in [2.05, 4.69) is 10.4 Å². The fourth-order valence-corrected chi connectivity index (χ4v) is 0.653. The van der Waals surface area contributed by atoms with Gasteiger partial charge in [0.2, 0.25) is 0 Å². The van der Waals surface area contributed by atoms with E-state index in [1.807, 2.05) is 24.2 Å². The largest absolute Gasteiger partial charge is 0.346 e. The Balaban J connectivity index is 2.55. The Morgan fingerprint density at radius 2 is 2.56 bits per heavy atom. The van der Waals surface area contributed by atoms with Crippen molar-refractivity contribution in [2.24, 2.45) is 10.8 Å². The Labute approximate surface area is 54.0 Å². The third-order valence-corrected chi connectivity index (χ3v) is 1.17. The zero-order chi connectivity index (χ0) is 6.69. The number of rotatable bonds is 1. The molecule has 50 valence electrons. The monoisotopic (exact) mass is 126 g/mol. The van der Waals surface area contributed by atoms with Gasteiger partial charge in [0.1, 0.15) is 0 Å². The van der Waals surface area contributed by atoms with E-state index in [0.717, 1.165) is 0 Å². The fraction of sp³-hybridized carbons (Fsp3) is 0.400. The predicted octanol–water partition coefficient (Wildman–Crippen LogP) is -0.737. The van der Waals surface area contributed by atoms with Crippen molar-refractivity contribution in [1.29, 1.82) is 0 Å². The molecule has 1 heterocycles. The Morgan fingerprint density at radius 3 is 3.00 bits per heavy atom. The summed E-state index contributed by atoms with van der Waals surface area (Å²) in [6, 6.07) is 0. The molecule has 0 amide bonds. The normalized spacial score (nSPS) is 25.1. The molecular weight excluding hydrogens is 116 g/mol. The number of hydrogen-bond donors (Lipinski definition) is 2. The summed E-state index contributed by atoms with van der Waals surface area (Å²) < 4.78 is 0. The summed E-state index contributed by atoms with van der Waals surface area (Å²) in [7, 11) is 1.90. The molecular formula is C5H10N4. The molecule has 0 aliphatic carbocycles. The molecule has 4 nitrogen and oxygen atoms in total. The van der Waals surface area contributed by atoms with Crippen molar-refractivity contribution >= 4 is 6.21 Å². The third-order valence-electron chi connectivity index (χ3n) is 1.17. The highest BCUT2D eigenvalue weighted by molar-refractivity contribution is 5.71. The molecule has 0 radical (unpaired) electrons. The lowest BCUT2D eigenvalue weighted by Crippen LogP contribution is -2.44. The van der Waals surface area contributed by atoms with Crippen LogP contribution in [0.3, 0.4) is 0 Å². The van der Waals surface area contributed by atoms with Gasteiger partial charge in [-0.1, -0.05) is 0 Å². The Bertz CT molecular complexity index is 140. The first-order valence-corrected chi connectivity index (χ1v) is 2.72. The molecule has 0 aromatic carbocycles. The van der Waals surface area contributed by atoms with Crippen LogP contribution in [0.2, 0.25) is 0 Å². The maximum absolute atomic E-state index is 5.15. The molecule has 0 spiro atoms. The van der Waals surface area contributed by atoms with Gasteiger partial charge in [-0.25, -0.2) is 5.43 Å². The van der Waals surface area contributed by atoms with E-state index in [-0.39, 0.29) is 6.29 Å². The molecule has 1 rings (SSSR count). The molecule has 0 saturated carbocycles. The van der Waals surface area contributed by atoms with Crippen LogP contribution in [0.25, 0.3) is 0 Å². The van der Waals surface area contributed by atoms with Gasteiger partial charge >= 0.3 is 0 Å². The van der Waals surface area contributed by atoms with Crippen LogP contribution >= 0.6 is 0 Å². The van der Waals surface area contributed by atoms with Crippen molar-refractivity contribution in [3.05, 3.63) is 12.3 Å². The summed E-state index contributed by atoms with van der Waals surface area (Å²) in [5.74, 6) is 5.15. The van der Waals surface area contributed by atoms with E-state index in [9.17, 15) is 0 Å². The maximum atomic E-state index is 5.15. The number of hydrogen-bond acceptors (Lipinski definition) is 4. The fourth-order valence-electron chi connectivity index (χ4n) is 0.653. The van der Waals surface area contributed by atoms with Crippen LogP contribution in [0.5, 0.6) is 0 Å². The van der Waals surface area contributed by atoms with Crippen LogP contribution in [0.4, 0.5) is 0 Å². The minimum Gasteiger partial charge on any atom is -0.346 e. The highest BCUT2D eigenvalue weighted by atomic mass is 15.4. The SMILES string of the molecule is CN1C=CC=NC1NN. The van der Waals surface area contributed by atoms with Gasteiger partial charge in [0.05, 0.1) is 0 Å². The summed E-state index contributed by atoms with van der Waals surface area (Å²) >= 11 is 0. The highest BCUT2D eigenvalue weighted by Crippen LogP contribution is 1.96. The summed E-state index contributed by atoms with van der Waals surface area (Å²) in [5.41, 5.74) is 2.53. The molecule has 3 N–H and O–H groups in total. The maximum Gasteiger partial charge on any atom is 0.187 e. The van der Waals surface area contributed by atoms with E-state index < -0.39 is 0 Å². The minimum absolute atomic E-state index is 0.102. The van der Waals surface area contributed by atoms with E-state index in [1.165, 1.54) is 0 Å². The van der Waals surface area contributed by atoms with Crippen molar-refractivity contribution in [3.8, 4) is 0 Å². The minimum atomic E-state index is -0.102. The zero-order valence-electron chi connectivity index (χ0n) is 5.28. The van der Waals surface area contributed by atoms with Crippen molar-refractivity contribution in [2.75, 3.05) is 7.05 Å². The number of hydrazine groups is 1. The Hall–Kier alpha value is -0.870. The highest BCUT2D eigenvalue weighted by Gasteiger charge is 2.06. The van der Waals surface area contributed by atoms with Gasteiger partial charge < -0.3 is 4.90 Å². The lowest BCUT2D eigenvalue weighted by molar-refractivity contribution is 0.286. The second-order valence-electron chi connectivity index (χ2n) is 1.85. The number of nitrogens with zero attached hydrogens (tertiary/aromatic N) is 2. The number of nitrogens with two attached hydrogens (primary N) is 1. The number of nitrogens with one attached hydrogen (secondary N) is 1. The first-order chi connectivity index (χ1) is 4.34. The summed E-state index contributed by atoms with van der Waals surface area (Å²) in [5, 5.41) is 0. The quantitative estimate of drug-likeness (QED) is 0.359. The van der Waals surface area contributed by atoms with E-state index >= 15 is 0 Å². The molecule has 4 heteroatoms. The molecule has 0 aromatic rings. The van der Waals surface area contributed by atoms with E-state index in [1.54, 1.807) is 6.21 Å². The molecule has 1 unspecified atom stereocenters. The van der Waals surface area contributed by atoms with Crippen molar-refractivity contribution in [2.45, 2.75) is 6.29 Å². The van der Waals surface area contributed by atoms with Gasteiger partial charge in [-0.3, -0.25) is 10.8 Å². The topological polar surface area (TPSA) is 53.6 Å². The van der Waals surface area contributed by atoms with E-state index in [0.29, 0.717) is 0 Å². The van der Waals surface area contributed by atoms with Gasteiger partial charge in [0.15, 0.2) is 6.29 Å². The van der Waals surface area contributed by atoms with Gasteiger partial charge in [-0.05, 0) is 6.08 Å². The van der Waals surface area contributed by atoms with Crippen molar-refractivity contribution in [1.82, 2.24) is 10.3 Å². The van der Waals surface area contributed by atoms with Gasteiger partial charge in [-0.2, -0.15) is 0 Å². The molecule has 0 fully saturated rings. The summed E-state index contributed by atoms with van der Waals surface area (Å²) in [4.78, 5) is 5.88. The molecule has 1 aliphatic rings. The molecule has 9 heavy (non-hydrogen) atoms. The van der Waals surface area contributed by atoms with Gasteiger partial charge in [0, 0.05) is 19.5 Å². The second kappa shape index (κ2) is 2.61. The Morgan fingerprint density at radius 1 is 1.78 bits per heavy atom. The zero-order valence-corrected chi connectivity index (χ0v) is 5.28. The lowest BCUT2D eigenvalue weighted by Gasteiger charge is -2.23. The first-order valence-electron chi connectivity index (χ1n) is 2.72. The predicted molar refractivity (Wildman–Crippen MR) is 36.5 cm³/mol. The Kier molecular flexibility index (Phi) is 1.81. The first kappa shape index (κ1) is 6.25. The van der Waals surface area contributed by atoms with Crippen LogP contribution < -0.4 is 11.3 Å². The van der Waals surface area contributed by atoms with Crippen molar-refractivity contribution in [3.63, 3.8) is 0 Å². The second-order valence-corrected chi connectivity index (χ2v) is 1.85. The average molecular weight is 126 g/mol.